The number of amides is 1. The lowest BCUT2D eigenvalue weighted by molar-refractivity contribution is 0.0945. The molecule has 3 heterocycles. The number of H-pyrrole nitrogens is 1. The van der Waals surface area contributed by atoms with Crippen LogP contribution in [0.5, 0.6) is 0 Å². The Kier molecular flexibility index (Phi) is 6.12. The van der Waals surface area contributed by atoms with E-state index in [1.807, 2.05) is 24.3 Å². The number of aromatic amines is 1. The predicted molar refractivity (Wildman–Crippen MR) is 109 cm³/mol. The zero-order valence-corrected chi connectivity index (χ0v) is 16.4. The van der Waals surface area contributed by atoms with Crippen LogP contribution in [0.2, 0.25) is 0 Å². The van der Waals surface area contributed by atoms with E-state index in [4.69, 9.17) is 4.42 Å². The van der Waals surface area contributed by atoms with Crippen molar-refractivity contribution in [1.82, 2.24) is 25.3 Å². The largest absolute Gasteiger partial charge is 0.448 e. The Morgan fingerprint density at radius 3 is 2.80 bits per heavy atom. The first-order valence-electron chi connectivity index (χ1n) is 9.94. The normalized spacial score (nSPS) is 11.1. The molecule has 154 valence electrons. The summed E-state index contributed by atoms with van der Waals surface area (Å²) >= 11 is 0. The van der Waals surface area contributed by atoms with E-state index < -0.39 is 11.7 Å². The van der Waals surface area contributed by atoms with Crippen LogP contribution in [0.3, 0.4) is 0 Å². The highest BCUT2D eigenvalue weighted by Crippen LogP contribution is 2.13. The van der Waals surface area contributed by atoms with Gasteiger partial charge in [0, 0.05) is 19.0 Å². The van der Waals surface area contributed by atoms with Gasteiger partial charge in [-0.1, -0.05) is 18.6 Å². The molecule has 0 bridgehead atoms. The van der Waals surface area contributed by atoms with Crippen molar-refractivity contribution < 1.29 is 13.6 Å². The van der Waals surface area contributed by atoms with Crippen LogP contribution in [0, 0.1) is 5.82 Å². The Balaban J connectivity index is 1.19. The van der Waals surface area contributed by atoms with Crippen molar-refractivity contribution in [3.05, 3.63) is 77.8 Å². The highest BCUT2D eigenvalue weighted by molar-refractivity contribution is 5.91. The minimum Gasteiger partial charge on any atom is -0.448 e. The molecule has 0 aliphatic rings. The number of fused-ring (bicyclic) bond motifs is 1. The molecule has 4 rings (SSSR count). The molecule has 0 atom stereocenters. The number of rotatable bonds is 9. The first-order chi connectivity index (χ1) is 14.7. The summed E-state index contributed by atoms with van der Waals surface area (Å²) < 4.78 is 18.9. The highest BCUT2D eigenvalue weighted by atomic mass is 19.1. The van der Waals surface area contributed by atoms with Crippen LogP contribution in [0.1, 0.15) is 47.2 Å². The topological polar surface area (TPSA) is 96.7 Å². The Labute approximate surface area is 172 Å². The molecular weight excluding hydrogens is 385 g/mol. The summed E-state index contributed by atoms with van der Waals surface area (Å²) in [7, 11) is 0. The highest BCUT2D eigenvalue weighted by Gasteiger charge is 2.13. The fraction of sp³-hybridized carbons (Fsp3) is 0.273. The number of unbranched alkanes of at least 4 members (excludes halogenated alkanes) is 2. The molecule has 1 amide bonds. The van der Waals surface area contributed by atoms with Crippen LogP contribution < -0.4 is 5.32 Å². The van der Waals surface area contributed by atoms with Gasteiger partial charge in [-0.3, -0.25) is 9.78 Å². The summed E-state index contributed by atoms with van der Waals surface area (Å²) in [4.78, 5) is 28.2. The SMILES string of the molecule is O=C(NCc1ncccc1F)c1coc(CCCCCc2nc3ccccc3[nH]2)n1. The molecule has 2 N–H and O–H groups in total. The van der Waals surface area contributed by atoms with Gasteiger partial charge < -0.3 is 14.7 Å². The maximum absolute atomic E-state index is 13.6. The number of pyridine rings is 1. The summed E-state index contributed by atoms with van der Waals surface area (Å²) in [5, 5.41) is 2.60. The molecule has 4 aromatic rings. The summed E-state index contributed by atoms with van der Waals surface area (Å²) in [6, 6.07) is 10.8. The Morgan fingerprint density at radius 1 is 1.07 bits per heavy atom. The second-order valence-electron chi connectivity index (χ2n) is 7.00. The van der Waals surface area contributed by atoms with Crippen LogP contribution in [0.15, 0.2) is 53.3 Å². The molecule has 3 aromatic heterocycles. The van der Waals surface area contributed by atoms with Crippen molar-refractivity contribution in [2.75, 3.05) is 0 Å². The van der Waals surface area contributed by atoms with Gasteiger partial charge in [0.1, 0.15) is 17.9 Å². The van der Waals surface area contributed by atoms with Crippen LogP contribution in [-0.2, 0) is 19.4 Å². The molecule has 8 heteroatoms. The monoisotopic (exact) mass is 407 g/mol. The number of halogens is 1. The average molecular weight is 407 g/mol. The second kappa shape index (κ2) is 9.30. The summed E-state index contributed by atoms with van der Waals surface area (Å²) in [5.41, 5.74) is 2.41. The van der Waals surface area contributed by atoms with Gasteiger partial charge in [-0.15, -0.1) is 0 Å². The molecule has 1 aromatic carbocycles. The Hall–Kier alpha value is -3.55. The number of carbonyl (C=O) groups is 1. The van der Waals surface area contributed by atoms with Crippen LogP contribution in [0.25, 0.3) is 11.0 Å². The number of para-hydroxylation sites is 2. The minimum atomic E-state index is -0.457. The number of hydrogen-bond acceptors (Lipinski definition) is 5. The molecule has 30 heavy (non-hydrogen) atoms. The van der Waals surface area contributed by atoms with Gasteiger partial charge in [0.15, 0.2) is 11.6 Å². The number of aryl methyl sites for hydroxylation is 2. The maximum atomic E-state index is 13.6. The van der Waals surface area contributed by atoms with E-state index in [1.54, 1.807) is 0 Å². The first-order valence-corrected chi connectivity index (χ1v) is 9.94. The van der Waals surface area contributed by atoms with Crippen molar-refractivity contribution in [2.45, 2.75) is 38.6 Å². The van der Waals surface area contributed by atoms with Gasteiger partial charge in [-0.25, -0.2) is 14.4 Å². The number of benzene rings is 1. The predicted octanol–water partition coefficient (Wildman–Crippen LogP) is 3.97. The summed E-state index contributed by atoms with van der Waals surface area (Å²) in [6.45, 7) is -0.00447. The summed E-state index contributed by atoms with van der Waals surface area (Å²) in [6.07, 6.45) is 7.26. The number of hydrogen-bond donors (Lipinski definition) is 2. The second-order valence-corrected chi connectivity index (χ2v) is 7.00. The van der Waals surface area contributed by atoms with E-state index in [1.165, 1.54) is 24.6 Å². The molecular formula is C22H22FN5O2. The number of oxazole rings is 1. The van der Waals surface area contributed by atoms with E-state index in [-0.39, 0.29) is 17.9 Å². The van der Waals surface area contributed by atoms with Crippen LogP contribution >= 0.6 is 0 Å². The lowest BCUT2D eigenvalue weighted by atomic mass is 10.1. The molecule has 0 saturated carbocycles. The third-order valence-corrected chi connectivity index (χ3v) is 4.78. The minimum absolute atomic E-state index is 0.00447. The van der Waals surface area contributed by atoms with Gasteiger partial charge in [0.2, 0.25) is 0 Å². The smallest absolute Gasteiger partial charge is 0.273 e. The Morgan fingerprint density at radius 2 is 1.93 bits per heavy atom. The van der Waals surface area contributed by atoms with E-state index in [0.717, 1.165) is 42.5 Å². The zero-order chi connectivity index (χ0) is 20.8. The fourth-order valence-electron chi connectivity index (χ4n) is 3.20. The van der Waals surface area contributed by atoms with Crippen molar-refractivity contribution in [3.8, 4) is 0 Å². The van der Waals surface area contributed by atoms with Gasteiger partial charge in [-0.2, -0.15) is 0 Å². The van der Waals surface area contributed by atoms with E-state index >= 15 is 0 Å². The van der Waals surface area contributed by atoms with Gasteiger partial charge in [0.05, 0.1) is 23.3 Å². The van der Waals surface area contributed by atoms with Gasteiger partial charge in [0.25, 0.3) is 5.91 Å². The van der Waals surface area contributed by atoms with Crippen molar-refractivity contribution >= 4 is 16.9 Å². The molecule has 0 aliphatic carbocycles. The van der Waals surface area contributed by atoms with Crippen molar-refractivity contribution in [1.29, 1.82) is 0 Å². The van der Waals surface area contributed by atoms with Crippen LogP contribution in [-0.4, -0.2) is 25.8 Å². The molecule has 0 fully saturated rings. The zero-order valence-electron chi connectivity index (χ0n) is 16.4. The van der Waals surface area contributed by atoms with E-state index in [9.17, 15) is 9.18 Å². The average Bonchev–Trinajstić information content (AvgIpc) is 3.39. The maximum Gasteiger partial charge on any atom is 0.273 e. The lowest BCUT2D eigenvalue weighted by Gasteiger charge is -2.03. The van der Waals surface area contributed by atoms with Gasteiger partial charge >= 0.3 is 0 Å². The van der Waals surface area contributed by atoms with Crippen LogP contribution in [0.4, 0.5) is 4.39 Å². The number of aromatic nitrogens is 4. The molecule has 0 aliphatic heterocycles. The number of nitrogens with one attached hydrogen (secondary N) is 2. The number of nitrogens with zero attached hydrogens (tertiary/aromatic N) is 3. The van der Waals surface area contributed by atoms with E-state index in [2.05, 4.69) is 25.3 Å². The van der Waals surface area contributed by atoms with E-state index in [0.29, 0.717) is 12.3 Å². The molecule has 7 nitrogen and oxygen atoms in total. The quantitative estimate of drug-likeness (QED) is 0.409. The van der Waals surface area contributed by atoms with Crippen molar-refractivity contribution in [3.63, 3.8) is 0 Å². The molecule has 0 unspecified atom stereocenters. The Bertz CT molecular complexity index is 1100. The first kappa shape index (κ1) is 19.8. The third kappa shape index (κ3) is 4.89. The fourth-order valence-corrected chi connectivity index (χ4v) is 3.20. The molecule has 0 saturated heterocycles. The van der Waals surface area contributed by atoms with Gasteiger partial charge in [-0.05, 0) is 37.1 Å². The standard InChI is InChI=1S/C22H22FN5O2/c23-15-7-6-12-24-18(15)13-25-22(29)19-14-30-21(28-19)11-3-1-2-10-20-26-16-8-4-5-9-17(16)27-20/h4-9,12,14H,1-3,10-11,13H2,(H,25,29)(H,26,27). The number of carbonyl (C=O) groups excluding carboxylic acids is 1. The van der Waals surface area contributed by atoms with Crippen molar-refractivity contribution in [2.24, 2.45) is 0 Å². The number of imidazole rings is 1. The molecule has 0 radical (unpaired) electrons. The molecule has 0 spiro atoms. The summed E-state index contributed by atoms with van der Waals surface area (Å²) in [5.74, 6) is 0.643. The lowest BCUT2D eigenvalue weighted by Crippen LogP contribution is -2.24. The third-order valence-electron chi connectivity index (χ3n) is 4.78.